The maximum atomic E-state index is 12.8. The first-order valence-corrected chi connectivity index (χ1v) is 32.9. The van der Waals surface area contributed by atoms with E-state index in [9.17, 15) is 19.0 Å². The molecule has 0 amide bonds. The van der Waals surface area contributed by atoms with E-state index in [1.807, 2.05) is 21.1 Å². The molecule has 434 valence electrons. The molecule has 0 bridgehead atoms. The van der Waals surface area contributed by atoms with Crippen LogP contribution in [0.15, 0.2) is 48.6 Å². The first-order valence-electron chi connectivity index (χ1n) is 31.4. The number of hydrogen-bond acceptors (Lipinski definition) is 7. The monoisotopic (exact) mass is 1060 g/mol. The number of hydrogen-bond donors (Lipinski definition) is 1. The fourth-order valence-electron chi connectivity index (χ4n) is 8.96. The number of likely N-dealkylation sites (N-methyl/N-ethyl adjacent to an activating group) is 1. The smallest absolute Gasteiger partial charge is 0.462 e. The average molecular weight is 1060 g/mol. The highest BCUT2D eigenvalue weighted by Crippen LogP contribution is 2.43. The van der Waals surface area contributed by atoms with Gasteiger partial charge in [0.25, 0.3) is 0 Å². The van der Waals surface area contributed by atoms with E-state index in [-0.39, 0.29) is 32.0 Å². The van der Waals surface area contributed by atoms with E-state index in [0.29, 0.717) is 17.4 Å². The van der Waals surface area contributed by atoms with Crippen molar-refractivity contribution < 1.29 is 42.1 Å². The van der Waals surface area contributed by atoms with Gasteiger partial charge in [-0.25, -0.2) is 4.57 Å². The van der Waals surface area contributed by atoms with Gasteiger partial charge in [-0.15, -0.1) is 0 Å². The minimum atomic E-state index is -4.39. The van der Waals surface area contributed by atoms with E-state index in [1.165, 1.54) is 199 Å². The SMILES string of the molecule is CCCCC/C=C\C/C=C\CCCCCCCC(=O)OCC(COP(=O)(O)OCC[N+](C)(C)C)OC(=O)CCCCCCCCCCCCCCCCCCCCCCCCC/C=C\C/C=C\CCCCCCC. The number of phosphoric acid groups is 1. The highest BCUT2D eigenvalue weighted by molar-refractivity contribution is 7.47. The second-order valence-corrected chi connectivity index (χ2v) is 23.9. The molecule has 0 spiro atoms. The largest absolute Gasteiger partial charge is 0.472 e. The first-order chi connectivity index (χ1) is 36.0. The Morgan fingerprint density at radius 1 is 0.419 bits per heavy atom. The highest BCUT2D eigenvalue weighted by Gasteiger charge is 2.27. The number of phosphoric ester groups is 1. The van der Waals surface area contributed by atoms with Gasteiger partial charge in [-0.2, -0.15) is 0 Å². The molecule has 0 rings (SSSR count). The van der Waals surface area contributed by atoms with Crippen molar-refractivity contribution in [3.05, 3.63) is 48.6 Å². The van der Waals surface area contributed by atoms with Crippen LogP contribution in [0.4, 0.5) is 0 Å². The van der Waals surface area contributed by atoms with E-state index in [4.69, 9.17) is 18.5 Å². The molecule has 2 atom stereocenters. The first kappa shape index (κ1) is 72.0. The molecule has 0 fully saturated rings. The Hall–Kier alpha value is -2.03. The summed E-state index contributed by atoms with van der Waals surface area (Å²) in [7, 11) is 1.48. The summed E-state index contributed by atoms with van der Waals surface area (Å²) in [4.78, 5) is 35.7. The van der Waals surface area contributed by atoms with E-state index in [2.05, 4.69) is 62.5 Å². The van der Waals surface area contributed by atoms with Crippen LogP contribution in [-0.4, -0.2) is 74.9 Å². The van der Waals surface area contributed by atoms with Gasteiger partial charge in [0, 0.05) is 12.8 Å². The van der Waals surface area contributed by atoms with Crippen molar-refractivity contribution in [1.29, 1.82) is 0 Å². The molecule has 0 aliphatic rings. The van der Waals surface area contributed by atoms with Crippen LogP contribution in [0, 0.1) is 0 Å². The predicted octanol–water partition coefficient (Wildman–Crippen LogP) is 19.7. The highest BCUT2D eigenvalue weighted by atomic mass is 31.2. The Labute approximate surface area is 458 Å². The molecule has 1 N–H and O–H groups in total. The summed E-state index contributed by atoms with van der Waals surface area (Å²) in [6.45, 7) is 4.41. The van der Waals surface area contributed by atoms with Gasteiger partial charge in [0.2, 0.25) is 0 Å². The summed E-state index contributed by atoms with van der Waals surface area (Å²) in [5.74, 6) is -0.802. The standard InChI is InChI=1S/C64H120NO8P/c1-6-8-10-12-14-16-18-20-22-23-24-25-26-27-28-29-30-31-32-33-34-35-36-37-38-39-40-41-43-45-47-49-51-53-55-57-64(67)73-62(61-72-74(68,69)71-59-58-65(3,4)5)60-70-63(66)56-54-52-50-48-46-44-42-21-19-17-15-13-11-9-7-2/h15,17-18,20-21,23-24,42,62H,6-14,16,19,22,25-41,43-61H2,1-5H3/p+1/b17-15-,20-18-,24-23-,42-21-. The van der Waals surface area contributed by atoms with Crippen molar-refractivity contribution in [3.63, 3.8) is 0 Å². The molecule has 0 aromatic rings. The maximum absolute atomic E-state index is 12.8. The summed E-state index contributed by atoms with van der Waals surface area (Å²) in [5.41, 5.74) is 0. The second kappa shape index (κ2) is 55.7. The number of esters is 2. The van der Waals surface area contributed by atoms with Crippen LogP contribution in [-0.2, 0) is 32.7 Å². The third-order valence-corrected chi connectivity index (χ3v) is 14.8. The Morgan fingerprint density at radius 3 is 1.09 bits per heavy atom. The lowest BCUT2D eigenvalue weighted by atomic mass is 10.0. The number of ether oxygens (including phenoxy) is 2. The van der Waals surface area contributed by atoms with E-state index >= 15 is 0 Å². The van der Waals surface area contributed by atoms with Gasteiger partial charge in [0.05, 0.1) is 27.7 Å². The van der Waals surface area contributed by atoms with E-state index in [0.717, 1.165) is 64.2 Å². The maximum Gasteiger partial charge on any atom is 0.472 e. The number of unbranched alkanes of at least 4 members (excludes halogenated alkanes) is 36. The van der Waals surface area contributed by atoms with E-state index < -0.39 is 26.5 Å². The lowest BCUT2D eigenvalue weighted by Crippen LogP contribution is -2.37. The molecule has 74 heavy (non-hydrogen) atoms. The van der Waals surface area contributed by atoms with Crippen molar-refractivity contribution in [2.24, 2.45) is 0 Å². The Bertz CT molecular complexity index is 1390. The molecule has 0 aromatic carbocycles. The number of carbonyl (C=O) groups is 2. The van der Waals surface area contributed by atoms with Gasteiger partial charge in [0.15, 0.2) is 6.10 Å². The normalized spacial score (nSPS) is 13.5. The zero-order valence-electron chi connectivity index (χ0n) is 49.3. The Kier molecular flexibility index (Phi) is 54.2. The average Bonchev–Trinajstić information content (AvgIpc) is 3.36. The fraction of sp³-hybridized carbons (Fsp3) is 0.844. The quantitative estimate of drug-likeness (QED) is 0.0211. The van der Waals surface area contributed by atoms with Gasteiger partial charge in [0.1, 0.15) is 19.8 Å². The molecular weight excluding hydrogens is 942 g/mol. The van der Waals surface area contributed by atoms with Crippen LogP contribution in [0.1, 0.15) is 296 Å². The molecule has 0 aliphatic carbocycles. The van der Waals surface area contributed by atoms with Crippen molar-refractivity contribution in [3.8, 4) is 0 Å². The molecule has 0 aromatic heterocycles. The number of rotatable bonds is 58. The lowest BCUT2D eigenvalue weighted by molar-refractivity contribution is -0.870. The van der Waals surface area contributed by atoms with Gasteiger partial charge >= 0.3 is 19.8 Å². The third kappa shape index (κ3) is 59.2. The van der Waals surface area contributed by atoms with E-state index in [1.54, 1.807) is 0 Å². The zero-order valence-corrected chi connectivity index (χ0v) is 50.2. The molecule has 0 saturated carbocycles. The molecular formula is C64H121NO8P+. The summed E-state index contributed by atoms with van der Waals surface area (Å²) in [6.07, 6.45) is 70.7. The Morgan fingerprint density at radius 2 is 0.730 bits per heavy atom. The van der Waals surface area contributed by atoms with Gasteiger partial charge in [-0.05, 0) is 77.0 Å². The molecule has 0 heterocycles. The number of allylic oxidation sites excluding steroid dienone is 8. The molecule has 10 heteroatoms. The Balaban J connectivity index is 3.97. The van der Waals surface area contributed by atoms with Crippen LogP contribution in [0.5, 0.6) is 0 Å². The van der Waals surface area contributed by atoms with Crippen molar-refractivity contribution in [2.75, 3.05) is 47.5 Å². The van der Waals surface area contributed by atoms with Crippen LogP contribution < -0.4 is 0 Å². The minimum Gasteiger partial charge on any atom is -0.462 e. The van der Waals surface area contributed by atoms with Crippen LogP contribution in [0.25, 0.3) is 0 Å². The van der Waals surface area contributed by atoms with Crippen LogP contribution >= 0.6 is 7.82 Å². The molecule has 0 saturated heterocycles. The molecule has 2 unspecified atom stereocenters. The molecule has 9 nitrogen and oxygen atoms in total. The van der Waals surface area contributed by atoms with Crippen molar-refractivity contribution in [1.82, 2.24) is 0 Å². The molecule has 0 aliphatic heterocycles. The predicted molar refractivity (Wildman–Crippen MR) is 317 cm³/mol. The summed E-state index contributed by atoms with van der Waals surface area (Å²) in [6, 6.07) is 0. The number of quaternary nitrogens is 1. The van der Waals surface area contributed by atoms with Crippen molar-refractivity contribution in [2.45, 2.75) is 302 Å². The molecule has 0 radical (unpaired) electrons. The third-order valence-electron chi connectivity index (χ3n) is 13.8. The summed E-state index contributed by atoms with van der Waals surface area (Å²) in [5, 5.41) is 0. The van der Waals surface area contributed by atoms with Crippen LogP contribution in [0.2, 0.25) is 0 Å². The zero-order chi connectivity index (χ0) is 54.2. The van der Waals surface area contributed by atoms with Gasteiger partial charge in [-0.1, -0.05) is 255 Å². The van der Waals surface area contributed by atoms with Crippen LogP contribution in [0.3, 0.4) is 0 Å². The number of carbonyl (C=O) groups excluding carboxylic acids is 2. The number of nitrogens with zero attached hydrogens (tertiary/aromatic N) is 1. The summed E-state index contributed by atoms with van der Waals surface area (Å²) >= 11 is 0. The second-order valence-electron chi connectivity index (χ2n) is 22.4. The lowest BCUT2D eigenvalue weighted by Gasteiger charge is -2.24. The van der Waals surface area contributed by atoms with Gasteiger partial charge in [-0.3, -0.25) is 18.6 Å². The topological polar surface area (TPSA) is 108 Å². The summed E-state index contributed by atoms with van der Waals surface area (Å²) < 4.78 is 34.6. The van der Waals surface area contributed by atoms with Gasteiger partial charge < -0.3 is 18.9 Å². The minimum absolute atomic E-state index is 0.0302. The fourth-order valence-corrected chi connectivity index (χ4v) is 9.70. The van der Waals surface area contributed by atoms with Crippen molar-refractivity contribution >= 4 is 19.8 Å².